The van der Waals surface area contributed by atoms with Crippen molar-refractivity contribution in [2.75, 3.05) is 13.7 Å². The number of ketones is 1. The van der Waals surface area contributed by atoms with Gasteiger partial charge in [0, 0.05) is 13.2 Å². The Kier molecular flexibility index (Phi) is 4.58. The largest absolute Gasteiger partial charge is 0.444 e. The van der Waals surface area contributed by atoms with Crippen LogP contribution in [0.3, 0.4) is 0 Å². The number of likely N-dealkylation sites (tertiary alicyclic amines) is 1. The van der Waals surface area contributed by atoms with Crippen molar-refractivity contribution < 1.29 is 19.1 Å². The van der Waals surface area contributed by atoms with Gasteiger partial charge in [0.25, 0.3) is 0 Å². The molecule has 2 aliphatic rings. The van der Waals surface area contributed by atoms with E-state index in [1.165, 1.54) is 7.11 Å². The molecule has 0 bridgehead atoms. The Morgan fingerprint density at radius 2 is 1.91 bits per heavy atom. The topological polar surface area (TPSA) is 55.8 Å². The number of nitrogens with zero attached hydrogens (tertiary/aromatic N) is 1. The molecule has 1 aliphatic carbocycles. The fourth-order valence-corrected chi connectivity index (χ4v) is 4.18. The zero-order chi connectivity index (χ0) is 16.7. The van der Waals surface area contributed by atoms with Crippen molar-refractivity contribution >= 4 is 11.9 Å². The van der Waals surface area contributed by atoms with Gasteiger partial charge in [-0.1, -0.05) is 13.8 Å². The van der Waals surface area contributed by atoms with E-state index < -0.39 is 11.6 Å². The molecule has 1 heterocycles. The molecule has 0 aromatic heterocycles. The minimum absolute atomic E-state index is 0.00435. The second-order valence-corrected chi connectivity index (χ2v) is 8.22. The molecular weight excluding hydrogens is 282 g/mol. The van der Waals surface area contributed by atoms with Gasteiger partial charge >= 0.3 is 6.09 Å². The summed E-state index contributed by atoms with van der Waals surface area (Å²) >= 11 is 0. The molecule has 5 heteroatoms. The Morgan fingerprint density at radius 3 is 2.45 bits per heavy atom. The van der Waals surface area contributed by atoms with E-state index >= 15 is 0 Å². The smallest absolute Gasteiger partial charge is 0.411 e. The number of rotatable bonds is 3. The number of carbonyl (C=O) groups is 2. The molecule has 5 nitrogen and oxygen atoms in total. The summed E-state index contributed by atoms with van der Waals surface area (Å²) in [6, 6.07) is -0.333. The second kappa shape index (κ2) is 5.84. The summed E-state index contributed by atoms with van der Waals surface area (Å²) in [5.41, 5.74) is -0.556. The zero-order valence-corrected chi connectivity index (χ0v) is 14.6. The van der Waals surface area contributed by atoms with Crippen LogP contribution < -0.4 is 0 Å². The Balaban J connectivity index is 2.26. The van der Waals surface area contributed by atoms with E-state index in [9.17, 15) is 9.59 Å². The molecule has 1 saturated carbocycles. The normalized spacial score (nSPS) is 34.6. The van der Waals surface area contributed by atoms with E-state index in [2.05, 4.69) is 13.8 Å². The molecule has 2 rings (SSSR count). The van der Waals surface area contributed by atoms with Crippen molar-refractivity contribution in [2.45, 2.75) is 71.6 Å². The van der Waals surface area contributed by atoms with Gasteiger partial charge in [-0.3, -0.25) is 9.69 Å². The third-order valence-corrected chi connectivity index (χ3v) is 4.84. The van der Waals surface area contributed by atoms with Crippen LogP contribution in [0, 0.1) is 11.3 Å². The van der Waals surface area contributed by atoms with Gasteiger partial charge in [-0.2, -0.15) is 0 Å². The first-order valence-electron chi connectivity index (χ1n) is 8.10. The van der Waals surface area contributed by atoms with Crippen LogP contribution in [0.25, 0.3) is 0 Å². The number of hydrogen-bond acceptors (Lipinski definition) is 4. The van der Waals surface area contributed by atoms with Crippen molar-refractivity contribution in [3.05, 3.63) is 0 Å². The summed E-state index contributed by atoms with van der Waals surface area (Å²) < 4.78 is 10.6. The van der Waals surface area contributed by atoms with Gasteiger partial charge in [0.05, 0.1) is 6.04 Å². The van der Waals surface area contributed by atoms with Crippen molar-refractivity contribution in [3.63, 3.8) is 0 Å². The molecule has 126 valence electrons. The molecule has 22 heavy (non-hydrogen) atoms. The van der Waals surface area contributed by atoms with E-state index in [0.717, 1.165) is 12.8 Å². The van der Waals surface area contributed by atoms with Crippen LogP contribution in [0.4, 0.5) is 4.79 Å². The number of methoxy groups -OCH3 is 1. The minimum atomic E-state index is -0.560. The van der Waals surface area contributed by atoms with Gasteiger partial charge < -0.3 is 9.47 Å². The lowest BCUT2D eigenvalue weighted by atomic mass is 9.82. The lowest BCUT2D eigenvalue weighted by Gasteiger charge is -2.33. The molecule has 0 aromatic carbocycles. The van der Waals surface area contributed by atoms with Gasteiger partial charge in [-0.05, 0) is 51.4 Å². The first-order chi connectivity index (χ1) is 10.1. The lowest BCUT2D eigenvalue weighted by Crippen LogP contribution is -2.48. The third kappa shape index (κ3) is 3.29. The van der Waals surface area contributed by atoms with E-state index in [1.54, 1.807) is 4.90 Å². The summed E-state index contributed by atoms with van der Waals surface area (Å²) in [6.45, 7) is 10.0. The highest BCUT2D eigenvalue weighted by molar-refractivity contribution is 5.89. The molecular formula is C17H29NO4. The maximum absolute atomic E-state index is 12.7. The molecule has 3 unspecified atom stereocenters. The Labute approximate surface area is 133 Å². The highest BCUT2D eigenvalue weighted by atomic mass is 16.6. The maximum atomic E-state index is 12.7. The fraction of sp³-hybridized carbons (Fsp3) is 0.882. The zero-order valence-electron chi connectivity index (χ0n) is 14.6. The molecule has 2 fully saturated rings. The van der Waals surface area contributed by atoms with E-state index in [0.29, 0.717) is 12.3 Å². The summed E-state index contributed by atoms with van der Waals surface area (Å²) in [4.78, 5) is 26.8. The van der Waals surface area contributed by atoms with Gasteiger partial charge in [-0.15, -0.1) is 0 Å². The van der Waals surface area contributed by atoms with Crippen LogP contribution in [-0.4, -0.2) is 48.2 Å². The number of carbonyl (C=O) groups excluding carboxylic acids is 2. The number of Topliss-reactive ketones (excluding diaryl/α,β-unsaturated/α-hetero) is 1. The standard InChI is InChI=1S/C17H29NO4/c1-11-7-14-17(5,8-11)9-12(13(19)10-21-6)18(14)15(20)22-16(2,3)4/h11-12,14H,7-10H2,1-6H3/t11?,12?,14?,17-/m0/s1. The fourth-order valence-electron chi connectivity index (χ4n) is 4.18. The van der Waals surface area contributed by atoms with Crippen molar-refractivity contribution in [2.24, 2.45) is 11.3 Å². The van der Waals surface area contributed by atoms with Crippen molar-refractivity contribution in [1.82, 2.24) is 4.90 Å². The van der Waals surface area contributed by atoms with Crippen LogP contribution in [0.15, 0.2) is 0 Å². The monoisotopic (exact) mass is 311 g/mol. The molecule has 4 atom stereocenters. The average Bonchev–Trinajstić information content (AvgIpc) is 2.75. The quantitative estimate of drug-likeness (QED) is 0.804. The van der Waals surface area contributed by atoms with Gasteiger partial charge in [0.2, 0.25) is 0 Å². The Hall–Kier alpha value is -1.10. The van der Waals surface area contributed by atoms with Gasteiger partial charge in [0.15, 0.2) is 5.78 Å². The molecule has 0 N–H and O–H groups in total. The average molecular weight is 311 g/mol. The van der Waals surface area contributed by atoms with E-state index in [4.69, 9.17) is 9.47 Å². The molecule has 1 saturated heterocycles. The van der Waals surface area contributed by atoms with Crippen molar-refractivity contribution in [1.29, 1.82) is 0 Å². The molecule has 0 radical (unpaired) electrons. The van der Waals surface area contributed by atoms with Crippen LogP contribution >= 0.6 is 0 Å². The van der Waals surface area contributed by atoms with Crippen LogP contribution in [0.5, 0.6) is 0 Å². The maximum Gasteiger partial charge on any atom is 0.411 e. The Bertz CT molecular complexity index is 456. The SMILES string of the molecule is COCC(=O)C1C[C@]2(C)CC(C)CC2N1C(=O)OC(C)(C)C. The summed E-state index contributed by atoms with van der Waals surface area (Å²) in [7, 11) is 1.51. The second-order valence-electron chi connectivity index (χ2n) is 8.22. The van der Waals surface area contributed by atoms with Crippen LogP contribution in [0.1, 0.15) is 53.9 Å². The first-order valence-corrected chi connectivity index (χ1v) is 8.10. The summed E-state index contributed by atoms with van der Waals surface area (Å²) in [5, 5.41) is 0. The lowest BCUT2D eigenvalue weighted by molar-refractivity contribution is -0.127. The van der Waals surface area contributed by atoms with Gasteiger partial charge in [-0.25, -0.2) is 4.79 Å². The highest BCUT2D eigenvalue weighted by Crippen LogP contribution is 2.53. The number of fused-ring (bicyclic) bond motifs is 1. The van der Waals surface area contributed by atoms with Gasteiger partial charge in [0.1, 0.15) is 12.2 Å². The molecule has 0 aromatic rings. The summed E-state index contributed by atoms with van der Waals surface area (Å²) in [6.07, 6.45) is 2.33. The number of amides is 1. The number of ether oxygens (including phenoxy) is 2. The Morgan fingerprint density at radius 1 is 1.27 bits per heavy atom. The predicted molar refractivity (Wildman–Crippen MR) is 83.7 cm³/mol. The molecule has 1 amide bonds. The number of hydrogen-bond donors (Lipinski definition) is 0. The predicted octanol–water partition coefficient (Wildman–Crippen LogP) is 3.02. The van der Waals surface area contributed by atoms with Crippen molar-refractivity contribution in [3.8, 4) is 0 Å². The molecule has 1 aliphatic heterocycles. The van der Waals surface area contributed by atoms with E-state index in [-0.39, 0.29) is 29.9 Å². The van der Waals surface area contributed by atoms with Crippen LogP contribution in [0.2, 0.25) is 0 Å². The third-order valence-electron chi connectivity index (χ3n) is 4.84. The van der Waals surface area contributed by atoms with Crippen LogP contribution in [-0.2, 0) is 14.3 Å². The summed E-state index contributed by atoms with van der Waals surface area (Å²) in [5.74, 6) is 0.537. The minimum Gasteiger partial charge on any atom is -0.444 e. The highest BCUT2D eigenvalue weighted by Gasteiger charge is 2.57. The molecule has 0 spiro atoms. The van der Waals surface area contributed by atoms with E-state index in [1.807, 2.05) is 20.8 Å². The first kappa shape index (κ1) is 17.3.